The molecule has 0 bridgehead atoms. The number of rotatable bonds is 6. The van der Waals surface area contributed by atoms with Crippen LogP contribution in [0.2, 0.25) is 0 Å². The quantitative estimate of drug-likeness (QED) is 0.704. The van der Waals surface area contributed by atoms with Crippen molar-refractivity contribution in [2.75, 3.05) is 0 Å². The van der Waals surface area contributed by atoms with E-state index in [-0.39, 0.29) is 11.7 Å². The molecule has 0 aromatic carbocycles. The Labute approximate surface area is 97.3 Å². The Morgan fingerprint density at radius 1 is 1.25 bits per heavy atom. The molecular formula is C13H21NO2. The fourth-order valence-electron chi connectivity index (χ4n) is 1.99. The van der Waals surface area contributed by atoms with Crippen LogP contribution in [0.5, 0.6) is 0 Å². The van der Waals surface area contributed by atoms with Crippen LogP contribution in [0, 0.1) is 0 Å². The zero-order chi connectivity index (χ0) is 12.0. The Kier molecular flexibility index (Phi) is 5.23. The Bertz CT molecular complexity index is 305. The Hall–Kier alpha value is -1.12. The van der Waals surface area contributed by atoms with Crippen LogP contribution in [-0.4, -0.2) is 11.7 Å². The third-order valence-electron chi connectivity index (χ3n) is 2.95. The lowest BCUT2D eigenvalue weighted by Crippen LogP contribution is -2.30. The highest BCUT2D eigenvalue weighted by molar-refractivity contribution is 5.98. The van der Waals surface area contributed by atoms with Gasteiger partial charge in [0.15, 0.2) is 5.78 Å². The number of nitrogens with one attached hydrogen (secondary N) is 1. The van der Waals surface area contributed by atoms with Crippen molar-refractivity contribution in [1.29, 1.82) is 0 Å². The van der Waals surface area contributed by atoms with E-state index in [9.17, 15) is 9.59 Å². The standard InChI is InChI=1S/C13H21NO2/c1-3-5-6-7-12(15)10-8-9-13(16)14-11(10)4-2/h3-9H2,1-2H3,(H,14,16). The van der Waals surface area contributed by atoms with Gasteiger partial charge in [-0.25, -0.2) is 0 Å². The molecule has 1 rings (SSSR count). The molecular weight excluding hydrogens is 202 g/mol. The topological polar surface area (TPSA) is 46.2 Å². The first kappa shape index (κ1) is 12.9. The predicted molar refractivity (Wildman–Crippen MR) is 63.8 cm³/mol. The number of carbonyl (C=O) groups excluding carboxylic acids is 2. The van der Waals surface area contributed by atoms with E-state index in [2.05, 4.69) is 12.2 Å². The lowest BCUT2D eigenvalue weighted by molar-refractivity contribution is -0.121. The van der Waals surface area contributed by atoms with Crippen molar-refractivity contribution in [3.8, 4) is 0 Å². The van der Waals surface area contributed by atoms with E-state index in [4.69, 9.17) is 0 Å². The summed E-state index contributed by atoms with van der Waals surface area (Å²) in [5.41, 5.74) is 1.70. The van der Waals surface area contributed by atoms with Gasteiger partial charge in [0.1, 0.15) is 0 Å². The molecule has 1 heterocycles. The monoisotopic (exact) mass is 223 g/mol. The number of amides is 1. The molecule has 0 unspecified atom stereocenters. The van der Waals surface area contributed by atoms with Crippen molar-refractivity contribution in [3.05, 3.63) is 11.3 Å². The second kappa shape index (κ2) is 6.46. The molecule has 0 saturated heterocycles. The van der Waals surface area contributed by atoms with E-state index in [0.717, 1.165) is 37.0 Å². The highest BCUT2D eigenvalue weighted by atomic mass is 16.2. The summed E-state index contributed by atoms with van der Waals surface area (Å²) in [6, 6.07) is 0. The molecule has 1 amide bonds. The summed E-state index contributed by atoms with van der Waals surface area (Å²) in [5.74, 6) is 0.271. The van der Waals surface area contributed by atoms with Crippen molar-refractivity contribution in [2.24, 2.45) is 0 Å². The normalized spacial score (nSPS) is 16.2. The molecule has 1 N–H and O–H groups in total. The molecule has 0 radical (unpaired) electrons. The largest absolute Gasteiger partial charge is 0.329 e. The third-order valence-corrected chi connectivity index (χ3v) is 2.95. The van der Waals surface area contributed by atoms with Gasteiger partial charge in [0, 0.05) is 24.1 Å². The fourth-order valence-corrected chi connectivity index (χ4v) is 1.99. The molecule has 16 heavy (non-hydrogen) atoms. The number of hydrogen-bond acceptors (Lipinski definition) is 2. The van der Waals surface area contributed by atoms with Crippen molar-refractivity contribution < 1.29 is 9.59 Å². The fraction of sp³-hybridized carbons (Fsp3) is 0.692. The van der Waals surface area contributed by atoms with Gasteiger partial charge in [0.25, 0.3) is 0 Å². The zero-order valence-electron chi connectivity index (χ0n) is 10.3. The molecule has 1 aliphatic rings. The Morgan fingerprint density at radius 2 is 2.00 bits per heavy atom. The van der Waals surface area contributed by atoms with Crippen LogP contribution in [0.15, 0.2) is 11.3 Å². The van der Waals surface area contributed by atoms with Crippen LogP contribution in [-0.2, 0) is 9.59 Å². The first-order valence-corrected chi connectivity index (χ1v) is 6.24. The maximum atomic E-state index is 11.9. The van der Waals surface area contributed by atoms with Crippen molar-refractivity contribution in [3.63, 3.8) is 0 Å². The molecule has 0 atom stereocenters. The van der Waals surface area contributed by atoms with Gasteiger partial charge in [-0.05, 0) is 19.3 Å². The van der Waals surface area contributed by atoms with Crippen LogP contribution >= 0.6 is 0 Å². The molecule has 0 aromatic rings. The highest BCUT2D eigenvalue weighted by Gasteiger charge is 2.21. The molecule has 0 fully saturated rings. The molecule has 0 aromatic heterocycles. The minimum absolute atomic E-state index is 0.0435. The number of allylic oxidation sites excluding steroid dienone is 2. The van der Waals surface area contributed by atoms with Crippen LogP contribution in [0.3, 0.4) is 0 Å². The molecule has 90 valence electrons. The average Bonchev–Trinajstić information content (AvgIpc) is 2.29. The van der Waals surface area contributed by atoms with Gasteiger partial charge in [0.2, 0.25) is 5.91 Å². The van der Waals surface area contributed by atoms with Crippen LogP contribution in [0.4, 0.5) is 0 Å². The summed E-state index contributed by atoms with van der Waals surface area (Å²) in [6.45, 7) is 4.10. The SMILES string of the molecule is CCCCCC(=O)C1=C(CC)NC(=O)CC1. The minimum atomic E-state index is 0.0435. The molecule has 0 saturated carbocycles. The predicted octanol–water partition coefficient (Wildman–Crippen LogP) is 2.71. The lowest BCUT2D eigenvalue weighted by Gasteiger charge is -2.19. The first-order chi connectivity index (χ1) is 7.69. The number of hydrogen-bond donors (Lipinski definition) is 1. The number of Topliss-reactive ketones (excluding diaryl/α,β-unsaturated/α-hetero) is 1. The summed E-state index contributed by atoms with van der Waals surface area (Å²) in [6.07, 6.45) is 5.64. The van der Waals surface area contributed by atoms with E-state index in [1.165, 1.54) is 0 Å². The van der Waals surface area contributed by atoms with E-state index >= 15 is 0 Å². The van der Waals surface area contributed by atoms with Gasteiger partial charge in [-0.2, -0.15) is 0 Å². The summed E-state index contributed by atoms with van der Waals surface area (Å²) in [5, 5.41) is 2.81. The highest BCUT2D eigenvalue weighted by Crippen LogP contribution is 2.20. The van der Waals surface area contributed by atoms with Gasteiger partial charge in [-0.3, -0.25) is 9.59 Å². The lowest BCUT2D eigenvalue weighted by atomic mass is 9.95. The van der Waals surface area contributed by atoms with E-state index in [1.54, 1.807) is 0 Å². The van der Waals surface area contributed by atoms with Crippen molar-refractivity contribution >= 4 is 11.7 Å². The molecule has 0 spiro atoms. The van der Waals surface area contributed by atoms with E-state index < -0.39 is 0 Å². The first-order valence-electron chi connectivity index (χ1n) is 6.24. The number of carbonyl (C=O) groups is 2. The molecule has 3 nitrogen and oxygen atoms in total. The van der Waals surface area contributed by atoms with Crippen LogP contribution in [0.25, 0.3) is 0 Å². The minimum Gasteiger partial charge on any atom is -0.329 e. The summed E-state index contributed by atoms with van der Waals surface area (Å²) in [7, 11) is 0. The molecule has 3 heteroatoms. The zero-order valence-corrected chi connectivity index (χ0v) is 10.3. The number of ketones is 1. The molecule has 0 aliphatic carbocycles. The van der Waals surface area contributed by atoms with Crippen molar-refractivity contribution in [2.45, 2.75) is 58.8 Å². The third kappa shape index (κ3) is 3.47. The second-order valence-corrected chi connectivity index (χ2v) is 4.24. The summed E-state index contributed by atoms with van der Waals surface area (Å²) >= 11 is 0. The number of unbranched alkanes of at least 4 members (excludes halogenated alkanes) is 2. The van der Waals surface area contributed by atoms with Gasteiger partial charge in [-0.15, -0.1) is 0 Å². The van der Waals surface area contributed by atoms with Gasteiger partial charge in [-0.1, -0.05) is 26.7 Å². The van der Waals surface area contributed by atoms with Gasteiger partial charge in [0.05, 0.1) is 0 Å². The van der Waals surface area contributed by atoms with Crippen LogP contribution < -0.4 is 5.32 Å². The maximum Gasteiger partial charge on any atom is 0.224 e. The smallest absolute Gasteiger partial charge is 0.224 e. The molecule has 1 aliphatic heterocycles. The van der Waals surface area contributed by atoms with Crippen molar-refractivity contribution in [1.82, 2.24) is 5.32 Å². The van der Waals surface area contributed by atoms with E-state index in [0.29, 0.717) is 19.3 Å². The van der Waals surface area contributed by atoms with Gasteiger partial charge >= 0.3 is 0 Å². The maximum absolute atomic E-state index is 11.9. The Morgan fingerprint density at radius 3 is 2.62 bits per heavy atom. The van der Waals surface area contributed by atoms with Gasteiger partial charge < -0.3 is 5.32 Å². The summed E-state index contributed by atoms with van der Waals surface area (Å²) in [4.78, 5) is 23.1. The van der Waals surface area contributed by atoms with E-state index in [1.807, 2.05) is 6.92 Å². The average molecular weight is 223 g/mol. The Balaban J connectivity index is 2.61. The second-order valence-electron chi connectivity index (χ2n) is 4.24. The van der Waals surface area contributed by atoms with Crippen LogP contribution in [0.1, 0.15) is 58.8 Å². The summed E-state index contributed by atoms with van der Waals surface area (Å²) < 4.78 is 0.